The number of fused-ring (bicyclic) bond motifs is 14. The van der Waals surface area contributed by atoms with Gasteiger partial charge in [-0.25, -0.2) is 0 Å². The molecule has 9 unspecified atom stereocenters. The fraction of sp³-hybridized carbons (Fsp3) is 0.500. The van der Waals surface area contributed by atoms with E-state index < -0.39 is 88.8 Å². The lowest BCUT2D eigenvalue weighted by molar-refractivity contribution is -0.160. The zero-order chi connectivity index (χ0) is 47.1. The van der Waals surface area contributed by atoms with Crippen LogP contribution in [0.25, 0.3) is 10.8 Å². The molecule has 0 aliphatic carbocycles. The smallest absolute Gasteiger partial charge is 0.312 e. The molecular formula is C48H64N2O13. The maximum Gasteiger partial charge on any atom is 0.312 e. The average Bonchev–Trinajstić information content (AvgIpc) is 3.49. The minimum atomic E-state index is -2.07. The van der Waals surface area contributed by atoms with Crippen molar-refractivity contribution in [2.75, 3.05) is 19.0 Å². The number of phenols is 3. The van der Waals surface area contributed by atoms with Crippen LogP contribution in [0.3, 0.4) is 0 Å². The Kier molecular flexibility index (Phi) is 16.8. The van der Waals surface area contributed by atoms with Crippen molar-refractivity contribution in [1.82, 2.24) is 0 Å². The van der Waals surface area contributed by atoms with Crippen molar-refractivity contribution in [3.63, 3.8) is 0 Å². The van der Waals surface area contributed by atoms with E-state index in [2.05, 4.69) is 16.5 Å². The van der Waals surface area contributed by atoms with Crippen molar-refractivity contribution in [3.05, 3.63) is 76.1 Å². The van der Waals surface area contributed by atoms with Gasteiger partial charge in [0.15, 0.2) is 5.75 Å². The third-order valence-corrected chi connectivity index (χ3v) is 11.9. The van der Waals surface area contributed by atoms with Crippen LogP contribution in [0, 0.1) is 30.6 Å². The highest BCUT2D eigenvalue weighted by Crippen LogP contribution is 2.55. The Morgan fingerprint density at radius 2 is 1.60 bits per heavy atom. The Morgan fingerprint density at radius 3 is 2.24 bits per heavy atom. The number of ether oxygens (including phenoxy) is 4. The van der Waals surface area contributed by atoms with Crippen LogP contribution in [-0.4, -0.2) is 93.3 Å². The minimum absolute atomic E-state index is 0.0306. The third kappa shape index (κ3) is 11.1. The molecule has 344 valence electrons. The number of aromatic hydroxyl groups is 3. The minimum Gasteiger partial charge on any atom is -0.507 e. The summed E-state index contributed by atoms with van der Waals surface area (Å²) in [7, 11) is 1.43. The number of carbonyl (C=O) groups is 3. The van der Waals surface area contributed by atoms with Crippen LogP contribution in [-0.2, 0) is 28.6 Å². The second-order valence-corrected chi connectivity index (χ2v) is 17.0. The molecule has 5 rings (SSSR count). The van der Waals surface area contributed by atoms with E-state index in [1.54, 1.807) is 39.8 Å². The summed E-state index contributed by atoms with van der Waals surface area (Å²) in [5.41, 5.74) is 1.64. The number of hydrogen-bond acceptors (Lipinski definition) is 14. The zero-order valence-electron chi connectivity index (χ0n) is 38.3. The fourth-order valence-electron chi connectivity index (χ4n) is 7.88. The molecule has 15 nitrogen and oxygen atoms in total. The van der Waals surface area contributed by atoms with Crippen LogP contribution in [0.2, 0.25) is 0 Å². The van der Waals surface area contributed by atoms with E-state index in [0.29, 0.717) is 0 Å². The number of oxime groups is 1. The van der Waals surface area contributed by atoms with Gasteiger partial charge >= 0.3 is 11.8 Å². The van der Waals surface area contributed by atoms with Crippen molar-refractivity contribution in [1.29, 1.82) is 0 Å². The van der Waals surface area contributed by atoms with E-state index in [9.17, 15) is 39.9 Å². The summed E-state index contributed by atoms with van der Waals surface area (Å²) in [6.45, 7) is 18.5. The SMILES string of the molecule is COC1/C=C/OC2(C)Oc3c(C)c(O)c4c(O)c(c(/C=N/OC/C=C(\C)CCC=C(C)C)c(O)c4c3C2=O)NC(=O)C(C)=C/C=C/C(C)C(O)C(C)C(O)C(C)C(OC(C)=O)C1C. The summed E-state index contributed by atoms with van der Waals surface area (Å²) in [5, 5.41) is 64.4. The number of nitrogens with one attached hydrogen (secondary N) is 1. The number of anilines is 1. The first-order valence-corrected chi connectivity index (χ1v) is 21.1. The number of phenolic OH excluding ortho intramolecular Hbond substituents is 3. The molecule has 0 fully saturated rings. The average molecular weight is 877 g/mol. The monoisotopic (exact) mass is 876 g/mol. The molecule has 3 aliphatic rings. The van der Waals surface area contributed by atoms with Gasteiger partial charge < -0.3 is 54.6 Å². The van der Waals surface area contributed by atoms with Gasteiger partial charge in [0.05, 0.1) is 53.0 Å². The molecule has 0 spiro atoms. The van der Waals surface area contributed by atoms with E-state index in [1.807, 2.05) is 26.8 Å². The number of Topliss-reactive ketones (excluding diaryl/α,β-unsaturated/α-hetero) is 1. The molecule has 0 saturated heterocycles. The van der Waals surface area contributed by atoms with Gasteiger partial charge in [-0.05, 0) is 59.6 Å². The lowest BCUT2D eigenvalue weighted by Crippen LogP contribution is -2.46. The molecule has 3 heterocycles. The third-order valence-electron chi connectivity index (χ3n) is 11.9. The number of ketones is 1. The maximum atomic E-state index is 14.4. The summed E-state index contributed by atoms with van der Waals surface area (Å²) < 4.78 is 23.6. The molecule has 15 heteroatoms. The van der Waals surface area contributed by atoms with Crippen LogP contribution >= 0.6 is 0 Å². The molecule has 3 aliphatic heterocycles. The van der Waals surface area contributed by atoms with Gasteiger partial charge in [-0.1, -0.05) is 68.3 Å². The Labute approximate surface area is 369 Å². The Balaban J connectivity index is 1.91. The molecule has 0 radical (unpaired) electrons. The molecule has 0 aromatic heterocycles. The first-order valence-electron chi connectivity index (χ1n) is 21.1. The van der Waals surface area contributed by atoms with Gasteiger partial charge in [-0.15, -0.1) is 0 Å². The number of aliphatic hydroxyl groups excluding tert-OH is 2. The molecule has 63 heavy (non-hydrogen) atoms. The second kappa shape index (κ2) is 21.2. The van der Waals surface area contributed by atoms with Crippen molar-refractivity contribution >= 4 is 40.3 Å². The highest BCUT2D eigenvalue weighted by molar-refractivity contribution is 6.23. The molecule has 0 saturated carbocycles. The van der Waals surface area contributed by atoms with E-state index in [0.717, 1.165) is 24.6 Å². The molecule has 6 N–H and O–H groups in total. The number of rotatable bonds is 9. The number of carbonyl (C=O) groups excluding carboxylic acids is 3. The molecule has 2 aromatic carbocycles. The molecule has 1 amide bonds. The number of allylic oxidation sites excluding steroid dienone is 5. The number of hydrogen-bond donors (Lipinski definition) is 6. The Bertz CT molecular complexity index is 2230. The predicted molar refractivity (Wildman–Crippen MR) is 240 cm³/mol. The van der Waals surface area contributed by atoms with Crippen LogP contribution in [0.4, 0.5) is 5.69 Å². The summed E-state index contributed by atoms with van der Waals surface area (Å²) in [5.74, 6) is -8.70. The number of nitrogens with zero attached hydrogens (tertiary/aromatic N) is 1. The van der Waals surface area contributed by atoms with Crippen LogP contribution in [0.1, 0.15) is 104 Å². The van der Waals surface area contributed by atoms with Crippen molar-refractivity contribution in [3.8, 4) is 23.0 Å². The van der Waals surface area contributed by atoms with Crippen LogP contribution < -0.4 is 10.1 Å². The predicted octanol–water partition coefficient (Wildman–Crippen LogP) is 7.80. The highest BCUT2D eigenvalue weighted by atomic mass is 16.7. The first-order chi connectivity index (χ1) is 29.6. The van der Waals surface area contributed by atoms with Gasteiger partial charge in [0.2, 0.25) is 0 Å². The van der Waals surface area contributed by atoms with E-state index in [4.69, 9.17) is 23.8 Å². The standard InChI is InChI=1S/C48H64N2O13/c1-24(2)15-13-16-25(3)19-22-61-49-23-33-38-43(56)36-35(42(33)55)37-45(31(9)41(36)54)63-48(11,46(37)57)60-21-20-34(59-12)28(6)44(62-32(10)51)30(8)40(53)29(7)39(52)26(4)17-14-18-27(5)47(58)50-38/h14-15,17-21,23,26,28-30,34,39-40,44,52-56H,13,16,22H2,1-12H3,(H,50,58)/b17-14+,21-20+,25-19+,27-18?,49-23+. The van der Waals surface area contributed by atoms with E-state index in [-0.39, 0.29) is 51.1 Å². The van der Waals surface area contributed by atoms with Crippen molar-refractivity contribution in [2.24, 2.45) is 28.8 Å². The zero-order valence-corrected chi connectivity index (χ0v) is 38.3. The lowest BCUT2D eigenvalue weighted by atomic mass is 9.78. The topological polar surface area (TPSA) is 223 Å². The number of amides is 1. The maximum absolute atomic E-state index is 14.4. The lowest BCUT2D eigenvalue weighted by Gasteiger charge is -2.38. The second-order valence-electron chi connectivity index (χ2n) is 17.0. The van der Waals surface area contributed by atoms with Crippen LogP contribution in [0.5, 0.6) is 23.0 Å². The number of aliphatic hydroxyl groups is 2. The summed E-state index contributed by atoms with van der Waals surface area (Å²) >= 11 is 0. The van der Waals surface area contributed by atoms with Gasteiger partial charge in [-0.3, -0.25) is 14.4 Å². The van der Waals surface area contributed by atoms with E-state index >= 15 is 0 Å². The molecule has 9 atom stereocenters. The first kappa shape index (κ1) is 50.0. The fourth-order valence-corrected chi connectivity index (χ4v) is 7.88. The van der Waals surface area contributed by atoms with Crippen molar-refractivity contribution in [2.45, 2.75) is 119 Å². The van der Waals surface area contributed by atoms with Gasteiger partial charge in [0.1, 0.15) is 30.0 Å². The van der Waals surface area contributed by atoms with Crippen molar-refractivity contribution < 1.29 is 63.7 Å². The summed E-state index contributed by atoms with van der Waals surface area (Å²) in [4.78, 5) is 46.0. The van der Waals surface area contributed by atoms with Crippen LogP contribution in [0.15, 0.2) is 64.6 Å². The Hall–Kier alpha value is -5.64. The Morgan fingerprint density at radius 1 is 0.921 bits per heavy atom. The van der Waals surface area contributed by atoms with Gasteiger partial charge in [-0.2, -0.15) is 0 Å². The number of benzene rings is 2. The quantitative estimate of drug-likeness (QED) is 0.0270. The van der Waals surface area contributed by atoms with Gasteiger partial charge in [0, 0.05) is 61.2 Å². The molecular weight excluding hydrogens is 813 g/mol. The highest BCUT2D eigenvalue weighted by Gasteiger charge is 2.50. The largest absolute Gasteiger partial charge is 0.507 e. The summed E-state index contributed by atoms with van der Waals surface area (Å²) in [6, 6.07) is 0. The number of methoxy groups -OCH3 is 1. The molecule has 2 aromatic rings. The summed E-state index contributed by atoms with van der Waals surface area (Å²) in [6.07, 6.45) is 10.2. The molecule has 5 bridgehead atoms. The number of esters is 1. The normalized spacial score (nSPS) is 28.3. The van der Waals surface area contributed by atoms with Gasteiger partial charge in [0.25, 0.3) is 11.7 Å². The van der Waals surface area contributed by atoms with E-state index in [1.165, 1.54) is 58.8 Å².